The van der Waals surface area contributed by atoms with Crippen LogP contribution in [0.1, 0.15) is 21.9 Å². The number of Topliss-reactive ketones (excluding diaryl/α,β-unsaturated/α-hetero) is 1. The maximum absolute atomic E-state index is 11.2. The Morgan fingerprint density at radius 3 is 2.50 bits per heavy atom. The van der Waals surface area contributed by atoms with Gasteiger partial charge in [-0.1, -0.05) is 0 Å². The van der Waals surface area contributed by atoms with Crippen molar-refractivity contribution < 1.29 is 9.21 Å². The number of aryl methyl sites for hydroxylation is 1. The lowest BCUT2D eigenvalue weighted by Crippen LogP contribution is -2.13. The monoisotopic (exact) mass is 231 g/mol. The quantitative estimate of drug-likeness (QED) is 0.791. The van der Waals surface area contributed by atoms with Crippen molar-refractivity contribution in [3.8, 4) is 0 Å². The van der Waals surface area contributed by atoms with E-state index in [1.807, 2.05) is 6.92 Å². The number of halogens is 1. The summed E-state index contributed by atoms with van der Waals surface area (Å²) in [6.07, 6.45) is 0. The molecule has 0 fully saturated rings. The Labute approximate surface area is 79.1 Å². The molecular weight excluding hydrogens is 222 g/mol. The molecule has 0 saturated heterocycles. The molecule has 1 aromatic heterocycles. The van der Waals surface area contributed by atoms with Crippen LogP contribution in [0.5, 0.6) is 0 Å². The number of carbonyl (C=O) groups is 1. The molecule has 0 aliphatic carbocycles. The Kier molecular flexibility index (Phi) is 2.69. The van der Waals surface area contributed by atoms with Crippen LogP contribution in [0.25, 0.3) is 0 Å². The average molecular weight is 232 g/mol. The summed E-state index contributed by atoms with van der Waals surface area (Å²) < 4.78 is 6.07. The van der Waals surface area contributed by atoms with Crippen molar-refractivity contribution >= 4 is 21.7 Å². The summed E-state index contributed by atoms with van der Waals surface area (Å²) in [5.74, 6) is 0.910. The summed E-state index contributed by atoms with van der Waals surface area (Å²) >= 11 is 3.31. The number of carbonyl (C=O) groups excluding carboxylic acids is 1. The van der Waals surface area contributed by atoms with Gasteiger partial charge in [-0.25, -0.2) is 0 Å². The van der Waals surface area contributed by atoms with Crippen molar-refractivity contribution in [1.29, 1.82) is 0 Å². The molecule has 3 nitrogen and oxygen atoms in total. The van der Waals surface area contributed by atoms with Gasteiger partial charge in [0.2, 0.25) is 5.78 Å². The maximum atomic E-state index is 11.2. The number of nitrogens with two attached hydrogens (primary N) is 1. The topological polar surface area (TPSA) is 56.2 Å². The Bertz CT molecular complexity index is 317. The van der Waals surface area contributed by atoms with Gasteiger partial charge in [-0.3, -0.25) is 4.79 Å². The third kappa shape index (κ3) is 1.44. The maximum Gasteiger partial charge on any atom is 0.211 e. The van der Waals surface area contributed by atoms with Crippen molar-refractivity contribution in [2.24, 2.45) is 5.73 Å². The summed E-state index contributed by atoms with van der Waals surface area (Å²) in [7, 11) is 0. The highest BCUT2D eigenvalue weighted by atomic mass is 79.9. The first-order valence-electron chi connectivity index (χ1n) is 3.56. The van der Waals surface area contributed by atoms with Gasteiger partial charge in [-0.2, -0.15) is 0 Å². The summed E-state index contributed by atoms with van der Waals surface area (Å²) in [5.41, 5.74) is 6.03. The van der Waals surface area contributed by atoms with E-state index in [-0.39, 0.29) is 12.3 Å². The smallest absolute Gasteiger partial charge is 0.211 e. The van der Waals surface area contributed by atoms with Crippen LogP contribution in [0, 0.1) is 13.8 Å². The predicted octanol–water partition coefficient (Wildman–Crippen LogP) is 1.80. The number of hydrogen-bond acceptors (Lipinski definition) is 3. The van der Waals surface area contributed by atoms with E-state index in [4.69, 9.17) is 10.2 Å². The van der Waals surface area contributed by atoms with Gasteiger partial charge in [-0.15, -0.1) is 0 Å². The van der Waals surface area contributed by atoms with E-state index in [1.165, 1.54) is 0 Å². The fourth-order valence-electron chi connectivity index (χ4n) is 0.997. The van der Waals surface area contributed by atoms with Crippen LogP contribution in [0.4, 0.5) is 0 Å². The molecule has 0 amide bonds. The van der Waals surface area contributed by atoms with Crippen LogP contribution in [0.2, 0.25) is 0 Å². The molecule has 12 heavy (non-hydrogen) atoms. The highest BCUT2D eigenvalue weighted by Crippen LogP contribution is 2.26. The second kappa shape index (κ2) is 3.41. The molecule has 0 aliphatic heterocycles. The summed E-state index contributed by atoms with van der Waals surface area (Å²) in [4.78, 5) is 11.2. The molecule has 0 radical (unpaired) electrons. The molecule has 1 heterocycles. The normalized spacial score (nSPS) is 10.3. The van der Waals surface area contributed by atoms with Gasteiger partial charge in [0.15, 0.2) is 5.76 Å². The lowest BCUT2D eigenvalue weighted by atomic mass is 10.2. The van der Waals surface area contributed by atoms with Crippen LogP contribution in [0.3, 0.4) is 0 Å². The van der Waals surface area contributed by atoms with Crippen LogP contribution in [-0.4, -0.2) is 12.3 Å². The summed E-state index contributed by atoms with van der Waals surface area (Å²) in [5, 5.41) is 0. The van der Waals surface area contributed by atoms with Crippen LogP contribution < -0.4 is 5.73 Å². The Morgan fingerprint density at radius 2 is 2.17 bits per heavy atom. The fraction of sp³-hybridized carbons (Fsp3) is 0.375. The predicted molar refractivity (Wildman–Crippen MR) is 49.3 cm³/mol. The van der Waals surface area contributed by atoms with E-state index in [1.54, 1.807) is 6.92 Å². The van der Waals surface area contributed by atoms with Gasteiger partial charge in [0.25, 0.3) is 0 Å². The molecule has 0 spiro atoms. The van der Waals surface area contributed by atoms with Crippen molar-refractivity contribution in [3.05, 3.63) is 21.6 Å². The average Bonchev–Trinajstić information content (AvgIpc) is 2.32. The molecule has 1 aromatic rings. The van der Waals surface area contributed by atoms with Crippen molar-refractivity contribution in [3.63, 3.8) is 0 Å². The number of rotatable bonds is 2. The Hall–Kier alpha value is -0.610. The van der Waals surface area contributed by atoms with E-state index < -0.39 is 0 Å². The molecule has 0 saturated carbocycles. The van der Waals surface area contributed by atoms with Crippen molar-refractivity contribution in [2.75, 3.05) is 6.54 Å². The number of ketones is 1. The van der Waals surface area contributed by atoms with E-state index >= 15 is 0 Å². The van der Waals surface area contributed by atoms with Crippen LogP contribution in [0.15, 0.2) is 8.89 Å². The van der Waals surface area contributed by atoms with Crippen molar-refractivity contribution in [1.82, 2.24) is 0 Å². The standard InChI is InChI=1S/C8H10BrNO2/c1-4-7(9)5(2)12-8(4)6(11)3-10/h3,10H2,1-2H3. The Morgan fingerprint density at radius 1 is 1.58 bits per heavy atom. The highest BCUT2D eigenvalue weighted by Gasteiger charge is 2.16. The third-order valence-corrected chi connectivity index (χ3v) is 2.83. The molecule has 66 valence electrons. The van der Waals surface area contributed by atoms with Crippen molar-refractivity contribution in [2.45, 2.75) is 13.8 Å². The van der Waals surface area contributed by atoms with Gasteiger partial charge in [-0.05, 0) is 29.8 Å². The molecule has 0 aliphatic rings. The highest BCUT2D eigenvalue weighted by molar-refractivity contribution is 9.10. The lowest BCUT2D eigenvalue weighted by molar-refractivity contribution is 0.0973. The molecular formula is C8H10BrNO2. The SMILES string of the molecule is Cc1oc(C(=O)CN)c(C)c1Br. The Balaban J connectivity index is 3.17. The van der Waals surface area contributed by atoms with Gasteiger partial charge in [0.05, 0.1) is 11.0 Å². The first-order chi connectivity index (χ1) is 5.57. The van der Waals surface area contributed by atoms with Gasteiger partial charge in [0.1, 0.15) is 5.76 Å². The third-order valence-electron chi connectivity index (χ3n) is 1.67. The number of hydrogen-bond donors (Lipinski definition) is 1. The van der Waals surface area contributed by atoms with Crippen LogP contribution >= 0.6 is 15.9 Å². The lowest BCUT2D eigenvalue weighted by Gasteiger charge is -1.92. The van der Waals surface area contributed by atoms with Gasteiger partial charge in [0, 0.05) is 5.56 Å². The molecule has 0 aromatic carbocycles. The first kappa shape index (κ1) is 9.48. The van der Waals surface area contributed by atoms with E-state index in [2.05, 4.69) is 15.9 Å². The summed E-state index contributed by atoms with van der Waals surface area (Å²) in [6, 6.07) is 0. The zero-order valence-corrected chi connectivity index (χ0v) is 8.56. The molecule has 4 heteroatoms. The minimum atomic E-state index is -0.165. The molecule has 1 rings (SSSR count). The minimum absolute atomic E-state index is 0.0137. The summed E-state index contributed by atoms with van der Waals surface area (Å²) in [6.45, 7) is 3.61. The fourth-order valence-corrected chi connectivity index (χ4v) is 1.26. The number of furan rings is 1. The largest absolute Gasteiger partial charge is 0.457 e. The molecule has 0 unspecified atom stereocenters. The molecule has 0 bridgehead atoms. The second-order valence-corrected chi connectivity index (χ2v) is 3.35. The second-order valence-electron chi connectivity index (χ2n) is 2.55. The molecule has 0 atom stereocenters. The first-order valence-corrected chi connectivity index (χ1v) is 4.36. The van der Waals surface area contributed by atoms with Gasteiger partial charge < -0.3 is 10.2 Å². The van der Waals surface area contributed by atoms with Crippen LogP contribution in [-0.2, 0) is 0 Å². The van der Waals surface area contributed by atoms with E-state index in [9.17, 15) is 4.79 Å². The van der Waals surface area contributed by atoms with E-state index in [0.29, 0.717) is 11.5 Å². The zero-order valence-electron chi connectivity index (χ0n) is 6.98. The zero-order chi connectivity index (χ0) is 9.30. The molecule has 2 N–H and O–H groups in total. The van der Waals surface area contributed by atoms with E-state index in [0.717, 1.165) is 10.0 Å². The van der Waals surface area contributed by atoms with Gasteiger partial charge >= 0.3 is 0 Å². The minimum Gasteiger partial charge on any atom is -0.457 e.